The van der Waals surface area contributed by atoms with Crippen LogP contribution in [0.1, 0.15) is 24.8 Å². The molecule has 5 nitrogen and oxygen atoms in total. The zero-order chi connectivity index (χ0) is 15.0. The zero-order valence-corrected chi connectivity index (χ0v) is 12.6. The van der Waals surface area contributed by atoms with Crippen LogP contribution >= 0.6 is 0 Å². The second kappa shape index (κ2) is 5.64. The number of hydrogen-bond acceptors (Lipinski definition) is 4. The first-order valence-electron chi connectivity index (χ1n) is 7.26. The zero-order valence-electron chi connectivity index (χ0n) is 11.8. The minimum atomic E-state index is -3.63. The molecule has 3 N–H and O–H groups in total. The smallest absolute Gasteiger partial charge is 0.240 e. The third-order valence-corrected chi connectivity index (χ3v) is 5.95. The topological polar surface area (TPSA) is 75.4 Å². The van der Waals surface area contributed by atoms with Crippen LogP contribution in [-0.2, 0) is 16.6 Å². The fourth-order valence-corrected chi connectivity index (χ4v) is 4.72. The average Bonchev–Trinajstić information content (AvgIpc) is 3.04. The largest absolute Gasteiger partial charge is 0.326 e. The van der Waals surface area contributed by atoms with Crippen LogP contribution in [0.2, 0.25) is 0 Å². The molecular weight excluding hydrogens is 293 g/mol. The van der Waals surface area contributed by atoms with Gasteiger partial charge < -0.3 is 5.73 Å². The van der Waals surface area contributed by atoms with Crippen molar-refractivity contribution in [3.05, 3.63) is 29.6 Å². The summed E-state index contributed by atoms with van der Waals surface area (Å²) in [5.41, 5.74) is 5.65. The molecule has 2 heterocycles. The fraction of sp³-hybridized carbons (Fsp3) is 0.571. The summed E-state index contributed by atoms with van der Waals surface area (Å²) in [6.45, 7) is 1.97. The molecule has 0 bridgehead atoms. The summed E-state index contributed by atoms with van der Waals surface area (Å²) in [5, 5.41) is 0. The molecule has 2 aliphatic rings. The molecule has 0 spiro atoms. The molecule has 2 atom stereocenters. The number of nitrogens with one attached hydrogen (secondary N) is 1. The Bertz CT molecular complexity index is 635. The summed E-state index contributed by atoms with van der Waals surface area (Å²) in [6.07, 6.45) is 2.98. The number of benzene rings is 1. The van der Waals surface area contributed by atoms with Crippen molar-refractivity contribution in [3.63, 3.8) is 0 Å². The maximum absolute atomic E-state index is 13.4. The molecule has 7 heteroatoms. The lowest BCUT2D eigenvalue weighted by atomic mass is 10.1. The Morgan fingerprint density at radius 1 is 1.33 bits per heavy atom. The van der Waals surface area contributed by atoms with Gasteiger partial charge in [0.2, 0.25) is 10.0 Å². The average molecular weight is 313 g/mol. The Hall–Kier alpha value is -1.02. The number of sulfonamides is 1. The standard InChI is InChI=1S/C14H20FN3O2S/c15-12-4-3-11(8-10(12)9-16)21(19,20)17-13-5-7-18-6-1-2-14(13)18/h3-4,8,13-14,17H,1-2,5-7,9,16H2. The lowest BCUT2D eigenvalue weighted by Crippen LogP contribution is -2.42. The monoisotopic (exact) mass is 313 g/mol. The molecule has 1 aromatic carbocycles. The van der Waals surface area contributed by atoms with E-state index in [-0.39, 0.29) is 23.0 Å². The molecule has 2 fully saturated rings. The highest BCUT2D eigenvalue weighted by molar-refractivity contribution is 7.89. The summed E-state index contributed by atoms with van der Waals surface area (Å²) < 4.78 is 41.1. The van der Waals surface area contributed by atoms with E-state index in [0.717, 1.165) is 38.4 Å². The van der Waals surface area contributed by atoms with Gasteiger partial charge in [0.25, 0.3) is 0 Å². The van der Waals surface area contributed by atoms with E-state index in [1.165, 1.54) is 12.1 Å². The van der Waals surface area contributed by atoms with Crippen LogP contribution in [-0.4, -0.2) is 38.5 Å². The third-order valence-electron chi connectivity index (χ3n) is 4.46. The molecule has 0 radical (unpaired) electrons. The van der Waals surface area contributed by atoms with Gasteiger partial charge in [0.15, 0.2) is 0 Å². The molecule has 2 unspecified atom stereocenters. The molecule has 0 aliphatic carbocycles. The number of halogens is 1. The van der Waals surface area contributed by atoms with Crippen LogP contribution in [0.25, 0.3) is 0 Å². The van der Waals surface area contributed by atoms with Gasteiger partial charge in [-0.2, -0.15) is 0 Å². The van der Waals surface area contributed by atoms with E-state index in [1.54, 1.807) is 0 Å². The lowest BCUT2D eigenvalue weighted by molar-refractivity contribution is 0.309. The summed E-state index contributed by atoms with van der Waals surface area (Å²) in [6, 6.07) is 4.02. The highest BCUT2D eigenvalue weighted by Gasteiger charge is 2.39. The van der Waals surface area contributed by atoms with Crippen molar-refractivity contribution in [2.45, 2.75) is 42.8 Å². The van der Waals surface area contributed by atoms with E-state index in [1.807, 2.05) is 0 Å². The summed E-state index contributed by atoms with van der Waals surface area (Å²) >= 11 is 0. The van der Waals surface area contributed by atoms with E-state index in [9.17, 15) is 12.8 Å². The van der Waals surface area contributed by atoms with Crippen molar-refractivity contribution < 1.29 is 12.8 Å². The van der Waals surface area contributed by atoms with Crippen LogP contribution in [0.15, 0.2) is 23.1 Å². The van der Waals surface area contributed by atoms with Crippen molar-refractivity contribution >= 4 is 10.0 Å². The molecule has 116 valence electrons. The SMILES string of the molecule is NCc1cc(S(=O)(=O)NC2CCN3CCCC23)ccc1F. The quantitative estimate of drug-likeness (QED) is 0.862. The molecule has 3 rings (SSSR count). The normalized spacial score (nSPS) is 26.2. The number of rotatable bonds is 4. The first kappa shape index (κ1) is 14.9. The molecule has 2 aliphatic heterocycles. The molecule has 2 saturated heterocycles. The van der Waals surface area contributed by atoms with Gasteiger partial charge in [0.05, 0.1) is 4.90 Å². The molecule has 0 saturated carbocycles. The van der Waals surface area contributed by atoms with Crippen molar-refractivity contribution in [1.82, 2.24) is 9.62 Å². The minimum Gasteiger partial charge on any atom is -0.326 e. The van der Waals surface area contributed by atoms with E-state index in [2.05, 4.69) is 9.62 Å². The lowest BCUT2D eigenvalue weighted by Gasteiger charge is -2.21. The Labute approximate surface area is 124 Å². The minimum absolute atomic E-state index is 0.0188. The van der Waals surface area contributed by atoms with Crippen LogP contribution in [0.4, 0.5) is 4.39 Å². The second-order valence-corrected chi connectivity index (χ2v) is 7.43. The van der Waals surface area contributed by atoms with E-state index < -0.39 is 15.8 Å². The van der Waals surface area contributed by atoms with Crippen LogP contribution < -0.4 is 10.5 Å². The van der Waals surface area contributed by atoms with Crippen LogP contribution in [0.3, 0.4) is 0 Å². The maximum atomic E-state index is 13.4. The Kier molecular flexibility index (Phi) is 4.00. The predicted octanol–water partition coefficient (Wildman–Crippen LogP) is 0.799. The predicted molar refractivity (Wildman–Crippen MR) is 77.6 cm³/mol. The molecule has 1 aromatic rings. The van der Waals surface area contributed by atoms with Crippen molar-refractivity contribution in [2.24, 2.45) is 5.73 Å². The van der Waals surface area contributed by atoms with Gasteiger partial charge in [-0.25, -0.2) is 17.5 Å². The van der Waals surface area contributed by atoms with Gasteiger partial charge in [0.1, 0.15) is 5.82 Å². The Morgan fingerprint density at radius 3 is 2.90 bits per heavy atom. The van der Waals surface area contributed by atoms with E-state index in [0.29, 0.717) is 6.04 Å². The van der Waals surface area contributed by atoms with E-state index in [4.69, 9.17) is 5.73 Å². The number of fused-ring (bicyclic) bond motifs is 1. The number of nitrogens with two attached hydrogens (primary N) is 1. The van der Waals surface area contributed by atoms with Crippen molar-refractivity contribution in [2.75, 3.05) is 13.1 Å². The van der Waals surface area contributed by atoms with Gasteiger partial charge in [-0.1, -0.05) is 0 Å². The summed E-state index contributed by atoms with van der Waals surface area (Å²) in [4.78, 5) is 2.42. The van der Waals surface area contributed by atoms with Gasteiger partial charge in [0, 0.05) is 30.7 Å². The fourth-order valence-electron chi connectivity index (χ4n) is 3.36. The summed E-state index contributed by atoms with van der Waals surface area (Å²) in [7, 11) is -3.63. The van der Waals surface area contributed by atoms with Gasteiger partial charge >= 0.3 is 0 Å². The molecule has 0 amide bonds. The second-order valence-electron chi connectivity index (χ2n) is 5.72. The Morgan fingerprint density at radius 2 is 2.14 bits per heavy atom. The highest BCUT2D eigenvalue weighted by atomic mass is 32.2. The highest BCUT2D eigenvalue weighted by Crippen LogP contribution is 2.29. The van der Waals surface area contributed by atoms with Gasteiger partial charge in [-0.3, -0.25) is 4.90 Å². The van der Waals surface area contributed by atoms with Crippen LogP contribution in [0.5, 0.6) is 0 Å². The number of hydrogen-bond donors (Lipinski definition) is 2. The van der Waals surface area contributed by atoms with Gasteiger partial charge in [-0.05, 0) is 44.0 Å². The van der Waals surface area contributed by atoms with Gasteiger partial charge in [-0.15, -0.1) is 0 Å². The van der Waals surface area contributed by atoms with Crippen LogP contribution in [0, 0.1) is 5.82 Å². The number of nitrogens with zero attached hydrogens (tertiary/aromatic N) is 1. The maximum Gasteiger partial charge on any atom is 0.240 e. The molecular formula is C14H20FN3O2S. The molecule has 21 heavy (non-hydrogen) atoms. The first-order valence-corrected chi connectivity index (χ1v) is 8.74. The van der Waals surface area contributed by atoms with Crippen molar-refractivity contribution in [3.8, 4) is 0 Å². The summed E-state index contributed by atoms with van der Waals surface area (Å²) in [5.74, 6) is -0.473. The first-order chi connectivity index (χ1) is 10.0. The Balaban J connectivity index is 1.81. The third kappa shape index (κ3) is 2.83. The molecule has 0 aromatic heterocycles. The van der Waals surface area contributed by atoms with Crippen molar-refractivity contribution in [1.29, 1.82) is 0 Å². The van der Waals surface area contributed by atoms with E-state index >= 15 is 0 Å².